The highest BCUT2D eigenvalue weighted by molar-refractivity contribution is 6.30. The van der Waals surface area contributed by atoms with Crippen LogP contribution in [0.25, 0.3) is 0 Å². The Morgan fingerprint density at radius 2 is 1.86 bits per heavy atom. The summed E-state index contributed by atoms with van der Waals surface area (Å²) in [6.45, 7) is 2.23. The molecule has 7 heteroatoms. The largest absolute Gasteiger partial charge is 0.371 e. The molecule has 2 aliphatic rings. The molecule has 4 rings (SSSR count). The Hall–Kier alpha value is -2.57. The number of halogens is 1. The summed E-state index contributed by atoms with van der Waals surface area (Å²) in [5.74, 6) is -0.0845. The van der Waals surface area contributed by atoms with Gasteiger partial charge in [0.25, 0.3) is 0 Å². The minimum Gasteiger partial charge on any atom is -0.371 e. The molecule has 2 aromatic rings. The van der Waals surface area contributed by atoms with Gasteiger partial charge >= 0.3 is 6.03 Å². The van der Waals surface area contributed by atoms with Crippen molar-refractivity contribution in [2.24, 2.45) is 0 Å². The number of carbonyl (C=O) groups excluding carboxylic acids is 2. The number of urea groups is 1. The molecule has 0 radical (unpaired) electrons. The lowest BCUT2D eigenvalue weighted by Crippen LogP contribution is -2.44. The first kappa shape index (κ1) is 19.7. The number of benzene rings is 2. The maximum atomic E-state index is 12.7. The minimum atomic E-state index is -0.156. The number of anilines is 1. The molecule has 1 unspecified atom stereocenters. The molecular formula is C22H24ClN3O3. The average Bonchev–Trinajstić information content (AvgIpc) is 3.08. The Kier molecular flexibility index (Phi) is 5.74. The molecule has 1 fully saturated rings. The molecule has 0 aliphatic carbocycles. The van der Waals surface area contributed by atoms with Crippen molar-refractivity contribution >= 4 is 29.2 Å². The topological polar surface area (TPSA) is 53.1 Å². The van der Waals surface area contributed by atoms with Crippen LogP contribution in [0.2, 0.25) is 5.02 Å². The average molecular weight is 414 g/mol. The molecule has 2 heterocycles. The summed E-state index contributed by atoms with van der Waals surface area (Å²) < 4.78 is 5.91. The Morgan fingerprint density at radius 1 is 1.14 bits per heavy atom. The third-order valence-corrected chi connectivity index (χ3v) is 5.76. The standard InChI is InChI=1S/C22H24ClN3O3/c1-24(13-20-12-16-4-2-3-5-17(16)15-29-20)21(27)14-25-10-11-26(22(25)28)19-8-6-18(23)7-9-19/h2-9,20H,10-15H2,1H3. The number of amides is 3. The Morgan fingerprint density at radius 3 is 2.62 bits per heavy atom. The van der Waals surface area contributed by atoms with Crippen molar-refractivity contribution in [2.45, 2.75) is 19.1 Å². The summed E-state index contributed by atoms with van der Waals surface area (Å²) in [7, 11) is 1.77. The van der Waals surface area contributed by atoms with E-state index in [1.54, 1.807) is 33.9 Å². The van der Waals surface area contributed by atoms with E-state index in [1.807, 2.05) is 24.3 Å². The number of carbonyl (C=O) groups is 2. The van der Waals surface area contributed by atoms with Crippen LogP contribution in [0.4, 0.5) is 10.5 Å². The number of ether oxygens (including phenoxy) is 1. The predicted octanol–water partition coefficient (Wildman–Crippen LogP) is 3.18. The van der Waals surface area contributed by atoms with E-state index >= 15 is 0 Å². The van der Waals surface area contributed by atoms with Crippen LogP contribution in [0, 0.1) is 0 Å². The molecule has 2 aromatic carbocycles. The minimum absolute atomic E-state index is 0.0290. The Bertz CT molecular complexity index is 902. The highest BCUT2D eigenvalue weighted by atomic mass is 35.5. The SMILES string of the molecule is CN(CC1Cc2ccccc2CO1)C(=O)CN1CCN(c2ccc(Cl)cc2)C1=O. The highest BCUT2D eigenvalue weighted by Crippen LogP contribution is 2.23. The number of nitrogens with zero attached hydrogens (tertiary/aromatic N) is 3. The summed E-state index contributed by atoms with van der Waals surface area (Å²) in [5.41, 5.74) is 3.28. The maximum Gasteiger partial charge on any atom is 0.325 e. The van der Waals surface area contributed by atoms with Gasteiger partial charge in [-0.05, 0) is 35.4 Å². The van der Waals surface area contributed by atoms with Gasteiger partial charge in [-0.1, -0.05) is 35.9 Å². The summed E-state index contributed by atoms with van der Waals surface area (Å²) in [5, 5.41) is 0.626. The van der Waals surface area contributed by atoms with Gasteiger partial charge in [-0.25, -0.2) is 4.79 Å². The second-order valence-electron chi connectivity index (χ2n) is 7.51. The fourth-order valence-electron chi connectivity index (χ4n) is 3.81. The smallest absolute Gasteiger partial charge is 0.325 e. The first-order valence-electron chi connectivity index (χ1n) is 9.75. The van der Waals surface area contributed by atoms with Crippen molar-refractivity contribution in [1.82, 2.24) is 9.80 Å². The number of likely N-dealkylation sites (N-methyl/N-ethyl adjacent to an activating group) is 1. The highest BCUT2D eigenvalue weighted by Gasteiger charge is 2.32. The molecule has 1 atom stereocenters. The zero-order valence-electron chi connectivity index (χ0n) is 16.4. The third-order valence-electron chi connectivity index (χ3n) is 5.50. The van der Waals surface area contributed by atoms with Crippen molar-refractivity contribution in [3.63, 3.8) is 0 Å². The number of rotatable bonds is 5. The molecular weight excluding hydrogens is 390 g/mol. The normalized spacial score (nSPS) is 18.7. The van der Waals surface area contributed by atoms with Gasteiger partial charge in [-0.3, -0.25) is 9.69 Å². The van der Waals surface area contributed by atoms with Crippen LogP contribution in [0.3, 0.4) is 0 Å². The molecule has 0 saturated carbocycles. The second-order valence-corrected chi connectivity index (χ2v) is 7.95. The van der Waals surface area contributed by atoms with E-state index < -0.39 is 0 Å². The molecule has 152 valence electrons. The molecule has 0 aromatic heterocycles. The van der Waals surface area contributed by atoms with E-state index in [0.717, 1.165) is 12.1 Å². The molecule has 6 nitrogen and oxygen atoms in total. The lowest BCUT2D eigenvalue weighted by molar-refractivity contribution is -0.132. The lowest BCUT2D eigenvalue weighted by Gasteiger charge is -2.29. The quantitative estimate of drug-likeness (QED) is 0.756. The maximum absolute atomic E-state index is 12.7. The molecule has 3 amide bonds. The monoisotopic (exact) mass is 413 g/mol. The third kappa shape index (κ3) is 4.38. The Balaban J connectivity index is 1.31. The van der Waals surface area contributed by atoms with Crippen LogP contribution in [0.15, 0.2) is 48.5 Å². The van der Waals surface area contributed by atoms with Crippen LogP contribution in [-0.2, 0) is 22.6 Å². The number of hydrogen-bond donors (Lipinski definition) is 0. The number of fused-ring (bicyclic) bond motifs is 1. The Labute approximate surface area is 175 Å². The van der Waals surface area contributed by atoms with Crippen LogP contribution in [-0.4, -0.2) is 61.1 Å². The van der Waals surface area contributed by atoms with Crippen molar-refractivity contribution in [1.29, 1.82) is 0 Å². The van der Waals surface area contributed by atoms with Crippen molar-refractivity contribution < 1.29 is 14.3 Å². The second kappa shape index (κ2) is 8.43. The fraction of sp³-hybridized carbons (Fsp3) is 0.364. The van der Waals surface area contributed by atoms with Gasteiger partial charge in [0, 0.05) is 43.8 Å². The van der Waals surface area contributed by atoms with Crippen LogP contribution < -0.4 is 4.90 Å². The van der Waals surface area contributed by atoms with Crippen LogP contribution in [0.1, 0.15) is 11.1 Å². The van der Waals surface area contributed by atoms with E-state index in [2.05, 4.69) is 12.1 Å². The first-order valence-corrected chi connectivity index (χ1v) is 10.1. The summed E-state index contributed by atoms with van der Waals surface area (Å²) in [6.07, 6.45) is 0.763. The zero-order chi connectivity index (χ0) is 20.4. The molecule has 2 aliphatic heterocycles. The van der Waals surface area contributed by atoms with Gasteiger partial charge in [-0.15, -0.1) is 0 Å². The van der Waals surface area contributed by atoms with Gasteiger partial charge in [-0.2, -0.15) is 0 Å². The van der Waals surface area contributed by atoms with Gasteiger partial charge in [0.15, 0.2) is 0 Å². The fourth-order valence-corrected chi connectivity index (χ4v) is 3.93. The summed E-state index contributed by atoms with van der Waals surface area (Å²) in [6, 6.07) is 15.2. The van der Waals surface area contributed by atoms with E-state index in [0.29, 0.717) is 31.3 Å². The van der Waals surface area contributed by atoms with Crippen LogP contribution >= 0.6 is 11.6 Å². The predicted molar refractivity (Wildman–Crippen MR) is 112 cm³/mol. The van der Waals surface area contributed by atoms with E-state index in [9.17, 15) is 9.59 Å². The molecule has 0 spiro atoms. The molecule has 29 heavy (non-hydrogen) atoms. The van der Waals surface area contributed by atoms with Crippen molar-refractivity contribution in [3.8, 4) is 0 Å². The zero-order valence-corrected chi connectivity index (χ0v) is 17.1. The summed E-state index contributed by atoms with van der Waals surface area (Å²) in [4.78, 5) is 30.3. The number of hydrogen-bond acceptors (Lipinski definition) is 3. The van der Waals surface area contributed by atoms with Crippen LogP contribution in [0.5, 0.6) is 0 Å². The molecule has 0 bridgehead atoms. The van der Waals surface area contributed by atoms with E-state index in [4.69, 9.17) is 16.3 Å². The first-order chi connectivity index (χ1) is 14.0. The van der Waals surface area contributed by atoms with Gasteiger partial charge in [0.1, 0.15) is 6.54 Å². The molecule has 0 N–H and O–H groups in total. The summed E-state index contributed by atoms with van der Waals surface area (Å²) >= 11 is 5.92. The van der Waals surface area contributed by atoms with Crippen molar-refractivity contribution in [3.05, 3.63) is 64.7 Å². The van der Waals surface area contributed by atoms with E-state index in [1.165, 1.54) is 11.1 Å². The van der Waals surface area contributed by atoms with E-state index in [-0.39, 0.29) is 24.6 Å². The van der Waals surface area contributed by atoms with Crippen molar-refractivity contribution in [2.75, 3.05) is 38.1 Å². The lowest BCUT2D eigenvalue weighted by atomic mass is 9.99. The van der Waals surface area contributed by atoms with Gasteiger partial charge in [0.05, 0.1) is 12.7 Å². The molecule has 1 saturated heterocycles. The van der Waals surface area contributed by atoms with Gasteiger partial charge < -0.3 is 14.5 Å². The van der Waals surface area contributed by atoms with Gasteiger partial charge in [0.2, 0.25) is 5.91 Å².